The van der Waals surface area contributed by atoms with Gasteiger partial charge in [0.05, 0.1) is 4.92 Å². The van der Waals surface area contributed by atoms with Crippen LogP contribution in [0.25, 0.3) is 0 Å². The third-order valence-corrected chi connectivity index (χ3v) is 3.73. The molecular weight excluding hydrogens is 270 g/mol. The van der Waals surface area contributed by atoms with Gasteiger partial charge in [-0.25, -0.2) is 0 Å². The lowest BCUT2D eigenvalue weighted by atomic mass is 10.0. The predicted molar refractivity (Wildman–Crippen MR) is 81.6 cm³/mol. The van der Waals surface area contributed by atoms with Crippen molar-refractivity contribution >= 4 is 17.3 Å². The molecule has 21 heavy (non-hydrogen) atoms. The van der Waals surface area contributed by atoms with Crippen LogP contribution < -0.4 is 10.6 Å². The number of nitrogens with zero attached hydrogens (tertiary/aromatic N) is 1. The third-order valence-electron chi connectivity index (χ3n) is 3.73. The van der Waals surface area contributed by atoms with Gasteiger partial charge in [0.2, 0.25) is 0 Å². The summed E-state index contributed by atoms with van der Waals surface area (Å²) < 4.78 is 0. The van der Waals surface area contributed by atoms with Crippen LogP contribution in [0.3, 0.4) is 0 Å². The van der Waals surface area contributed by atoms with Crippen molar-refractivity contribution < 1.29 is 9.72 Å². The van der Waals surface area contributed by atoms with Crippen LogP contribution in [0.1, 0.15) is 50.4 Å². The standard InChI is InChI=1S/C15H21N3O3/c1-4-15(2,3)17-14(19)10-5-8-12(16-11-6-7-11)13(9-10)18(20)21/h5,8-9,11,16H,4,6-7H2,1-3H3,(H,17,19). The zero-order valence-electron chi connectivity index (χ0n) is 12.6. The van der Waals surface area contributed by atoms with Crippen LogP contribution in [0.2, 0.25) is 0 Å². The van der Waals surface area contributed by atoms with E-state index in [2.05, 4.69) is 10.6 Å². The van der Waals surface area contributed by atoms with Crippen molar-refractivity contribution in [2.45, 2.75) is 51.6 Å². The average molecular weight is 291 g/mol. The van der Waals surface area contributed by atoms with Crippen LogP contribution in [-0.2, 0) is 0 Å². The van der Waals surface area contributed by atoms with E-state index in [0.29, 0.717) is 17.3 Å². The molecule has 0 atom stereocenters. The molecule has 0 radical (unpaired) electrons. The Hall–Kier alpha value is -2.11. The largest absolute Gasteiger partial charge is 0.377 e. The van der Waals surface area contributed by atoms with E-state index in [-0.39, 0.29) is 17.1 Å². The van der Waals surface area contributed by atoms with Gasteiger partial charge in [-0.15, -0.1) is 0 Å². The fourth-order valence-electron chi connectivity index (χ4n) is 1.86. The molecule has 2 N–H and O–H groups in total. The monoisotopic (exact) mass is 291 g/mol. The number of nitro groups is 1. The number of nitrogens with one attached hydrogen (secondary N) is 2. The minimum Gasteiger partial charge on any atom is -0.377 e. The molecule has 6 heteroatoms. The molecule has 1 aromatic rings. The number of benzene rings is 1. The van der Waals surface area contributed by atoms with E-state index < -0.39 is 4.92 Å². The van der Waals surface area contributed by atoms with Gasteiger partial charge in [-0.3, -0.25) is 14.9 Å². The molecule has 6 nitrogen and oxygen atoms in total. The second-order valence-electron chi connectivity index (χ2n) is 6.10. The topological polar surface area (TPSA) is 84.3 Å². The van der Waals surface area contributed by atoms with Crippen molar-refractivity contribution in [3.63, 3.8) is 0 Å². The second-order valence-corrected chi connectivity index (χ2v) is 6.10. The quantitative estimate of drug-likeness (QED) is 0.623. The summed E-state index contributed by atoms with van der Waals surface area (Å²) in [7, 11) is 0. The lowest BCUT2D eigenvalue weighted by Crippen LogP contribution is -2.42. The minimum absolute atomic E-state index is 0.0520. The number of anilines is 1. The molecule has 1 aliphatic carbocycles. The maximum absolute atomic E-state index is 12.2. The van der Waals surface area contributed by atoms with Crippen molar-refractivity contribution in [3.8, 4) is 0 Å². The van der Waals surface area contributed by atoms with E-state index in [0.717, 1.165) is 19.3 Å². The van der Waals surface area contributed by atoms with E-state index in [1.54, 1.807) is 12.1 Å². The highest BCUT2D eigenvalue weighted by atomic mass is 16.6. The zero-order valence-corrected chi connectivity index (χ0v) is 12.6. The molecule has 114 valence electrons. The maximum Gasteiger partial charge on any atom is 0.293 e. The minimum atomic E-state index is -0.452. The molecule has 0 spiro atoms. The molecule has 0 saturated heterocycles. The van der Waals surface area contributed by atoms with Gasteiger partial charge in [0.1, 0.15) is 5.69 Å². The summed E-state index contributed by atoms with van der Waals surface area (Å²) in [4.78, 5) is 22.9. The van der Waals surface area contributed by atoms with E-state index in [1.807, 2.05) is 20.8 Å². The molecule has 0 aliphatic heterocycles. The molecule has 0 bridgehead atoms. The zero-order chi connectivity index (χ0) is 15.6. The number of nitro benzene ring substituents is 1. The number of rotatable bonds is 6. The highest BCUT2D eigenvalue weighted by Crippen LogP contribution is 2.31. The first-order chi connectivity index (χ1) is 9.82. The van der Waals surface area contributed by atoms with Crippen molar-refractivity contribution in [2.75, 3.05) is 5.32 Å². The Bertz CT molecular complexity index is 565. The lowest BCUT2D eigenvalue weighted by Gasteiger charge is -2.24. The summed E-state index contributed by atoms with van der Waals surface area (Å²) in [6.07, 6.45) is 2.84. The van der Waals surface area contributed by atoms with Gasteiger partial charge in [-0.1, -0.05) is 6.92 Å². The van der Waals surface area contributed by atoms with E-state index in [9.17, 15) is 14.9 Å². The summed E-state index contributed by atoms with van der Waals surface area (Å²) in [5, 5.41) is 17.2. The van der Waals surface area contributed by atoms with Crippen LogP contribution in [0.5, 0.6) is 0 Å². The molecule has 1 aliphatic rings. The first kappa shape index (κ1) is 15.3. The van der Waals surface area contributed by atoms with Gasteiger partial charge >= 0.3 is 0 Å². The molecule has 0 aromatic heterocycles. The highest BCUT2D eigenvalue weighted by Gasteiger charge is 2.26. The first-order valence-electron chi connectivity index (χ1n) is 7.20. The van der Waals surface area contributed by atoms with Crippen LogP contribution in [0.15, 0.2) is 18.2 Å². The Balaban J connectivity index is 2.22. The van der Waals surface area contributed by atoms with E-state index in [4.69, 9.17) is 0 Å². The summed E-state index contributed by atoms with van der Waals surface area (Å²) in [5.74, 6) is -0.289. The van der Waals surface area contributed by atoms with Gasteiger partial charge < -0.3 is 10.6 Å². The van der Waals surface area contributed by atoms with Crippen molar-refractivity contribution in [1.82, 2.24) is 5.32 Å². The van der Waals surface area contributed by atoms with Gasteiger partial charge in [-0.2, -0.15) is 0 Å². The number of amides is 1. The Morgan fingerprint density at radius 2 is 2.10 bits per heavy atom. The van der Waals surface area contributed by atoms with E-state index in [1.165, 1.54) is 6.07 Å². The van der Waals surface area contributed by atoms with Gasteiger partial charge in [0.25, 0.3) is 11.6 Å². The van der Waals surface area contributed by atoms with Crippen molar-refractivity contribution in [3.05, 3.63) is 33.9 Å². The molecule has 1 saturated carbocycles. The number of hydrogen-bond donors (Lipinski definition) is 2. The molecular formula is C15H21N3O3. The van der Waals surface area contributed by atoms with Crippen LogP contribution in [-0.4, -0.2) is 22.4 Å². The Morgan fingerprint density at radius 3 is 2.62 bits per heavy atom. The van der Waals surface area contributed by atoms with Gasteiger partial charge in [-0.05, 0) is 45.2 Å². The Morgan fingerprint density at radius 1 is 1.43 bits per heavy atom. The summed E-state index contributed by atoms with van der Waals surface area (Å²) in [5.41, 5.74) is 0.402. The summed E-state index contributed by atoms with van der Waals surface area (Å²) >= 11 is 0. The molecule has 1 fully saturated rings. The molecule has 2 rings (SSSR count). The average Bonchev–Trinajstić information content (AvgIpc) is 3.22. The molecule has 1 amide bonds. The smallest absolute Gasteiger partial charge is 0.293 e. The Labute approximate surface area is 124 Å². The van der Waals surface area contributed by atoms with Gasteiger partial charge in [0.15, 0.2) is 0 Å². The normalized spacial score (nSPS) is 14.6. The van der Waals surface area contributed by atoms with Gasteiger partial charge in [0, 0.05) is 23.2 Å². The Kier molecular flexibility index (Phi) is 4.16. The lowest BCUT2D eigenvalue weighted by molar-refractivity contribution is -0.384. The van der Waals surface area contributed by atoms with Crippen LogP contribution in [0, 0.1) is 10.1 Å². The predicted octanol–water partition coefficient (Wildman–Crippen LogP) is 3.09. The SMILES string of the molecule is CCC(C)(C)NC(=O)c1ccc(NC2CC2)c([N+](=O)[O-])c1. The van der Waals surface area contributed by atoms with Crippen LogP contribution in [0.4, 0.5) is 11.4 Å². The maximum atomic E-state index is 12.2. The van der Waals surface area contributed by atoms with Crippen molar-refractivity contribution in [2.24, 2.45) is 0 Å². The molecule has 1 aromatic carbocycles. The summed E-state index contributed by atoms with van der Waals surface area (Å²) in [6.45, 7) is 5.82. The second kappa shape index (κ2) is 5.71. The number of hydrogen-bond acceptors (Lipinski definition) is 4. The third kappa shape index (κ3) is 3.93. The molecule has 0 unspecified atom stereocenters. The van der Waals surface area contributed by atoms with Crippen LogP contribution >= 0.6 is 0 Å². The fraction of sp³-hybridized carbons (Fsp3) is 0.533. The van der Waals surface area contributed by atoms with E-state index >= 15 is 0 Å². The summed E-state index contributed by atoms with van der Waals surface area (Å²) in [6, 6.07) is 4.90. The number of carbonyl (C=O) groups is 1. The fourth-order valence-corrected chi connectivity index (χ4v) is 1.86. The highest BCUT2D eigenvalue weighted by molar-refractivity contribution is 5.96. The molecule has 0 heterocycles. The van der Waals surface area contributed by atoms with Crippen molar-refractivity contribution in [1.29, 1.82) is 0 Å². The number of carbonyl (C=O) groups excluding carboxylic acids is 1. The first-order valence-corrected chi connectivity index (χ1v) is 7.20.